The van der Waals surface area contributed by atoms with Gasteiger partial charge in [0.1, 0.15) is 17.8 Å². The molecular weight excluding hydrogens is 348 g/mol. The van der Waals surface area contributed by atoms with E-state index in [1.165, 1.54) is 31.2 Å². The zero-order valence-electron chi connectivity index (χ0n) is 14.2. The number of rotatable bonds is 5. The highest BCUT2D eigenvalue weighted by molar-refractivity contribution is 6.09. The number of likely N-dealkylation sites (tertiary alicyclic amines) is 1. The summed E-state index contributed by atoms with van der Waals surface area (Å²) in [5.41, 5.74) is -0.959. The number of carbonyl (C=O) groups excluding carboxylic acids is 3. The summed E-state index contributed by atoms with van der Waals surface area (Å²) in [6.45, 7) is -0.489. The van der Waals surface area contributed by atoms with E-state index >= 15 is 0 Å². The van der Waals surface area contributed by atoms with Gasteiger partial charge in [0.15, 0.2) is 0 Å². The summed E-state index contributed by atoms with van der Waals surface area (Å²) in [4.78, 5) is 39.8. The molecule has 1 aromatic rings. The average Bonchev–Trinajstić information content (AvgIpc) is 3.19. The van der Waals surface area contributed by atoms with Gasteiger partial charge in [0.25, 0.3) is 5.91 Å². The molecule has 2 fully saturated rings. The number of urea groups is 1. The van der Waals surface area contributed by atoms with Crippen LogP contribution in [0, 0.1) is 0 Å². The van der Waals surface area contributed by atoms with Gasteiger partial charge in [0.2, 0.25) is 5.91 Å². The van der Waals surface area contributed by atoms with E-state index in [9.17, 15) is 23.2 Å². The van der Waals surface area contributed by atoms with E-state index in [1.807, 2.05) is 0 Å². The van der Waals surface area contributed by atoms with Crippen LogP contribution in [0.1, 0.15) is 25.3 Å². The van der Waals surface area contributed by atoms with Gasteiger partial charge in [0.05, 0.1) is 0 Å². The molecule has 7 nitrogen and oxygen atoms in total. The molecule has 0 saturated carbocycles. The molecule has 0 aromatic heterocycles. The summed E-state index contributed by atoms with van der Waals surface area (Å²) < 4.78 is 28.7. The Morgan fingerprint density at radius 2 is 1.85 bits per heavy atom. The van der Waals surface area contributed by atoms with Gasteiger partial charge in [-0.2, -0.15) is 8.78 Å². The van der Waals surface area contributed by atoms with Gasteiger partial charge in [-0.1, -0.05) is 12.1 Å². The van der Waals surface area contributed by atoms with Gasteiger partial charge in [0, 0.05) is 13.1 Å². The molecule has 0 aliphatic carbocycles. The minimum Gasteiger partial charge on any atom is -0.435 e. The fourth-order valence-corrected chi connectivity index (χ4v) is 3.21. The van der Waals surface area contributed by atoms with E-state index in [2.05, 4.69) is 10.1 Å². The Hall–Kier alpha value is -2.71. The van der Waals surface area contributed by atoms with Gasteiger partial charge < -0.3 is 15.0 Å². The van der Waals surface area contributed by atoms with Gasteiger partial charge in [-0.05, 0) is 37.5 Å². The van der Waals surface area contributed by atoms with Crippen molar-refractivity contribution in [1.29, 1.82) is 0 Å². The van der Waals surface area contributed by atoms with Crippen molar-refractivity contribution in [2.45, 2.75) is 31.9 Å². The number of imide groups is 1. The molecule has 1 aromatic carbocycles. The maximum Gasteiger partial charge on any atom is 0.387 e. The summed E-state index contributed by atoms with van der Waals surface area (Å²) in [5, 5.41) is 2.58. The molecule has 140 valence electrons. The molecule has 0 unspecified atom stereocenters. The van der Waals surface area contributed by atoms with Crippen molar-refractivity contribution in [3.8, 4) is 5.75 Å². The van der Waals surface area contributed by atoms with Gasteiger partial charge in [-0.3, -0.25) is 14.5 Å². The van der Waals surface area contributed by atoms with Crippen LogP contribution in [-0.2, 0) is 15.1 Å². The highest BCUT2D eigenvalue weighted by Gasteiger charge is 2.49. The number of nitrogens with zero attached hydrogens (tertiary/aromatic N) is 2. The highest BCUT2D eigenvalue weighted by atomic mass is 19.3. The summed E-state index contributed by atoms with van der Waals surface area (Å²) in [5.74, 6) is -0.876. The zero-order valence-corrected chi connectivity index (χ0v) is 14.2. The van der Waals surface area contributed by atoms with Crippen LogP contribution in [0.4, 0.5) is 13.6 Å². The highest BCUT2D eigenvalue weighted by Crippen LogP contribution is 2.30. The lowest BCUT2D eigenvalue weighted by Crippen LogP contribution is -2.43. The quantitative estimate of drug-likeness (QED) is 0.803. The molecule has 2 aliphatic heterocycles. The number of benzene rings is 1. The second-order valence-corrected chi connectivity index (χ2v) is 6.44. The van der Waals surface area contributed by atoms with Gasteiger partial charge >= 0.3 is 12.6 Å². The number of amides is 4. The first kappa shape index (κ1) is 18.1. The predicted octanol–water partition coefficient (Wildman–Crippen LogP) is 1.68. The van der Waals surface area contributed by atoms with Crippen molar-refractivity contribution in [1.82, 2.24) is 15.1 Å². The van der Waals surface area contributed by atoms with Crippen molar-refractivity contribution in [3.05, 3.63) is 29.8 Å². The molecule has 9 heteroatoms. The number of nitrogens with one attached hydrogen (secondary N) is 1. The van der Waals surface area contributed by atoms with E-state index < -0.39 is 24.1 Å². The van der Waals surface area contributed by atoms with Crippen molar-refractivity contribution in [2.75, 3.05) is 19.6 Å². The third kappa shape index (κ3) is 3.33. The van der Waals surface area contributed by atoms with Crippen LogP contribution in [0.5, 0.6) is 5.75 Å². The maximum atomic E-state index is 12.8. The van der Waals surface area contributed by atoms with Crippen LogP contribution < -0.4 is 10.1 Å². The Morgan fingerprint density at radius 3 is 2.42 bits per heavy atom. The lowest BCUT2D eigenvalue weighted by atomic mass is 9.92. The first-order chi connectivity index (χ1) is 12.3. The Morgan fingerprint density at radius 1 is 1.23 bits per heavy atom. The van der Waals surface area contributed by atoms with Crippen LogP contribution in [-0.4, -0.2) is 53.9 Å². The second-order valence-electron chi connectivity index (χ2n) is 6.44. The van der Waals surface area contributed by atoms with Crippen molar-refractivity contribution in [3.63, 3.8) is 0 Å². The summed E-state index contributed by atoms with van der Waals surface area (Å²) in [6, 6.07) is 4.80. The Labute approximate surface area is 148 Å². The molecule has 1 atom stereocenters. The van der Waals surface area contributed by atoms with E-state index in [0.29, 0.717) is 18.7 Å². The molecule has 1 N–H and O–H groups in total. The molecule has 2 aliphatic rings. The fourth-order valence-electron chi connectivity index (χ4n) is 3.21. The third-order valence-corrected chi connectivity index (χ3v) is 4.68. The van der Waals surface area contributed by atoms with E-state index in [1.54, 1.807) is 4.90 Å². The first-order valence-corrected chi connectivity index (χ1v) is 8.28. The van der Waals surface area contributed by atoms with Crippen LogP contribution in [0.25, 0.3) is 0 Å². The van der Waals surface area contributed by atoms with Crippen LogP contribution in [0.2, 0.25) is 0 Å². The van der Waals surface area contributed by atoms with Gasteiger partial charge in [-0.15, -0.1) is 0 Å². The van der Waals surface area contributed by atoms with E-state index in [-0.39, 0.29) is 18.2 Å². The minimum atomic E-state index is -2.95. The second kappa shape index (κ2) is 6.89. The smallest absolute Gasteiger partial charge is 0.387 e. The lowest BCUT2D eigenvalue weighted by Gasteiger charge is -2.23. The molecular formula is C17H19F2N3O4. The number of alkyl halides is 2. The number of carbonyl (C=O) groups is 3. The topological polar surface area (TPSA) is 79.0 Å². The number of hydrogen-bond acceptors (Lipinski definition) is 4. The summed E-state index contributed by atoms with van der Waals surface area (Å²) in [6.07, 6.45) is 1.83. The largest absolute Gasteiger partial charge is 0.435 e. The molecule has 0 spiro atoms. The Kier molecular flexibility index (Phi) is 4.80. The van der Waals surface area contributed by atoms with Crippen LogP contribution >= 0.6 is 0 Å². The Balaban J connectivity index is 1.74. The normalized spacial score (nSPS) is 22.9. The molecule has 3 rings (SSSR count). The fraction of sp³-hybridized carbons (Fsp3) is 0.471. The number of hydrogen-bond donors (Lipinski definition) is 1. The van der Waals surface area contributed by atoms with Gasteiger partial charge in [-0.25, -0.2) is 4.79 Å². The standard InChI is InChI=1S/C17H19F2N3O4/c1-17(11-4-6-12(7-5-11)26-15(18)19)14(24)22(16(25)20-17)10-13(23)21-8-2-3-9-21/h4-7,15H,2-3,8-10H2,1H3,(H,20,25)/t17-/m1/s1. The van der Waals surface area contributed by atoms with Crippen LogP contribution in [0.15, 0.2) is 24.3 Å². The molecule has 26 heavy (non-hydrogen) atoms. The zero-order chi connectivity index (χ0) is 18.9. The average molecular weight is 367 g/mol. The molecule has 0 radical (unpaired) electrons. The molecule has 2 heterocycles. The first-order valence-electron chi connectivity index (χ1n) is 8.28. The predicted molar refractivity (Wildman–Crippen MR) is 86.5 cm³/mol. The third-order valence-electron chi connectivity index (χ3n) is 4.68. The lowest BCUT2D eigenvalue weighted by molar-refractivity contribution is -0.138. The molecule has 2 saturated heterocycles. The van der Waals surface area contributed by atoms with Crippen LogP contribution in [0.3, 0.4) is 0 Å². The maximum absolute atomic E-state index is 12.8. The SMILES string of the molecule is C[C@]1(c2ccc(OC(F)F)cc2)NC(=O)N(CC(=O)N2CCCC2)C1=O. The molecule has 0 bridgehead atoms. The summed E-state index contributed by atoms with van der Waals surface area (Å²) >= 11 is 0. The number of ether oxygens (including phenoxy) is 1. The van der Waals surface area contributed by atoms with Crippen molar-refractivity contribution < 1.29 is 27.9 Å². The van der Waals surface area contributed by atoms with Crippen molar-refractivity contribution >= 4 is 17.8 Å². The summed E-state index contributed by atoms with van der Waals surface area (Å²) in [7, 11) is 0. The molecule has 4 amide bonds. The monoisotopic (exact) mass is 367 g/mol. The Bertz CT molecular complexity index is 719. The van der Waals surface area contributed by atoms with E-state index in [4.69, 9.17) is 0 Å². The van der Waals surface area contributed by atoms with E-state index in [0.717, 1.165) is 17.7 Å². The van der Waals surface area contributed by atoms with Crippen molar-refractivity contribution in [2.24, 2.45) is 0 Å². The minimum absolute atomic E-state index is 0.0508. The number of halogens is 2.